The topological polar surface area (TPSA) is 50.5 Å². The maximum Gasteiger partial charge on any atom is 0.243 e. The van der Waals surface area contributed by atoms with Gasteiger partial charge in [0.1, 0.15) is 12.3 Å². The normalized spacial score (nSPS) is 11.5. The summed E-state index contributed by atoms with van der Waals surface area (Å²) in [5, 5.41) is 0.507. The zero-order chi connectivity index (χ0) is 30.2. The number of unbranched alkanes of at least 4 members (excludes halogenated alkanes) is 9. The summed E-state index contributed by atoms with van der Waals surface area (Å²) in [7, 11) is -3.74. The summed E-state index contributed by atoms with van der Waals surface area (Å²) in [6.07, 6.45) is 17.8. The Morgan fingerprint density at radius 2 is 1.33 bits per heavy atom. The smallest absolute Gasteiger partial charge is 0.243 e. The summed E-state index contributed by atoms with van der Waals surface area (Å²) >= 11 is 6.61. The molecule has 0 aliphatic carbocycles. The van der Waals surface area contributed by atoms with Gasteiger partial charge in [-0.25, -0.2) is 13.0 Å². The summed E-state index contributed by atoms with van der Waals surface area (Å²) in [4.78, 5) is 0.285. The van der Waals surface area contributed by atoms with Gasteiger partial charge in [-0.05, 0) is 48.7 Å². The van der Waals surface area contributed by atoms with Gasteiger partial charge in [-0.3, -0.25) is 0 Å². The van der Waals surface area contributed by atoms with E-state index in [-0.39, 0.29) is 42.0 Å². The number of halogens is 2. The molecule has 0 aliphatic rings. The van der Waals surface area contributed by atoms with Crippen LogP contribution < -0.4 is 33.3 Å². The van der Waals surface area contributed by atoms with Gasteiger partial charge in [0.25, 0.3) is 0 Å². The first-order valence-corrected chi connectivity index (χ1v) is 17.6. The minimum Gasteiger partial charge on any atom is -1.00 e. The molecule has 0 fully saturated rings. The lowest BCUT2D eigenvalue weighted by atomic mass is 10.1. The highest BCUT2D eigenvalue weighted by atomic mass is 127. The number of aryl methyl sites for hydroxylation is 2. The first-order valence-electron chi connectivity index (χ1n) is 15.8. The van der Waals surface area contributed by atoms with Crippen molar-refractivity contribution in [2.75, 3.05) is 6.61 Å². The number of benzene rings is 2. The number of aromatic nitrogens is 1. The van der Waals surface area contributed by atoms with E-state index in [0.29, 0.717) is 17.4 Å². The lowest BCUT2D eigenvalue weighted by Gasteiger charge is -2.23. The Labute approximate surface area is 283 Å². The number of ether oxygens (including phenoxy) is 1. The number of hydrogen-bond donors (Lipinski definition) is 0. The van der Waals surface area contributed by atoms with Crippen molar-refractivity contribution in [3.05, 3.63) is 88.7 Å². The Balaban J connectivity index is 0.00000645. The molecule has 8 heteroatoms. The number of pyridine rings is 1. The lowest BCUT2D eigenvalue weighted by Crippen LogP contribution is -3.00. The average molecular weight is 741 g/mol. The van der Waals surface area contributed by atoms with E-state index >= 15 is 0 Å². The first-order chi connectivity index (χ1) is 20.3. The lowest BCUT2D eigenvalue weighted by molar-refractivity contribution is -0.697. The molecule has 0 radical (unpaired) electrons. The number of sulfonamides is 1. The van der Waals surface area contributed by atoms with E-state index in [2.05, 4.69) is 18.4 Å². The fraction of sp³-hybridized carbons (Fsp3) is 0.514. The van der Waals surface area contributed by atoms with Gasteiger partial charge in [-0.2, -0.15) is 4.31 Å². The second-order valence-corrected chi connectivity index (χ2v) is 13.7. The molecular weight excluding hydrogens is 691 g/mol. The SMILES string of the molecule is CCCCCCCCCCCCOc1ccc(CN(Cc2cc[n+](CCC)cc2)S(=O)(=O)c2ccc(C)cc2)cc1Cl.[I-]. The van der Waals surface area contributed by atoms with Crippen LogP contribution in [0.2, 0.25) is 5.02 Å². The number of rotatable bonds is 20. The summed E-state index contributed by atoms with van der Waals surface area (Å²) in [6, 6.07) is 16.6. The van der Waals surface area contributed by atoms with E-state index in [1.54, 1.807) is 12.1 Å². The van der Waals surface area contributed by atoms with Crippen LogP contribution in [0.5, 0.6) is 5.75 Å². The van der Waals surface area contributed by atoms with Crippen LogP contribution in [0, 0.1) is 6.92 Å². The van der Waals surface area contributed by atoms with E-state index in [1.165, 1.54) is 55.7 Å². The molecule has 0 N–H and O–H groups in total. The van der Waals surface area contributed by atoms with Crippen LogP contribution in [0.15, 0.2) is 71.9 Å². The monoisotopic (exact) mass is 740 g/mol. The van der Waals surface area contributed by atoms with Gasteiger partial charge in [0, 0.05) is 31.6 Å². The van der Waals surface area contributed by atoms with Crippen molar-refractivity contribution in [3.8, 4) is 5.75 Å². The fourth-order valence-electron chi connectivity index (χ4n) is 5.02. The van der Waals surface area contributed by atoms with Crippen LogP contribution in [0.25, 0.3) is 0 Å². The van der Waals surface area contributed by atoms with Gasteiger partial charge in [-0.15, -0.1) is 0 Å². The molecule has 0 atom stereocenters. The molecule has 3 rings (SSSR count). The standard InChI is InChI=1S/C35H50ClN2O3S.HI/c1-4-6-7-8-9-10-11-12-13-14-26-41-35-20-17-32(27-34(35)36)29-38(28-31-21-24-37(23-5-2)25-22-31)42(39,40)33-18-15-30(3)16-19-33;/h15-22,24-25,27H,4-14,23,26,28-29H2,1-3H3;1H/q+1;/p-1. The van der Waals surface area contributed by atoms with Gasteiger partial charge in [0.2, 0.25) is 10.0 Å². The molecule has 5 nitrogen and oxygen atoms in total. The Kier molecular flexibility index (Phi) is 17.8. The average Bonchev–Trinajstić information content (AvgIpc) is 2.98. The minimum absolute atomic E-state index is 0. The molecular formula is C35H50ClIN2O3S. The van der Waals surface area contributed by atoms with Crippen LogP contribution in [-0.2, 0) is 29.7 Å². The summed E-state index contributed by atoms with van der Waals surface area (Å²) in [5.41, 5.74) is 2.77. The van der Waals surface area contributed by atoms with Crippen LogP contribution in [0.3, 0.4) is 0 Å². The molecule has 0 spiro atoms. The highest BCUT2D eigenvalue weighted by Crippen LogP contribution is 2.28. The predicted octanol–water partition coefficient (Wildman–Crippen LogP) is 6.04. The van der Waals surface area contributed by atoms with Crippen molar-refractivity contribution in [3.63, 3.8) is 0 Å². The van der Waals surface area contributed by atoms with Crippen molar-refractivity contribution in [2.45, 2.75) is 116 Å². The van der Waals surface area contributed by atoms with Crippen molar-refractivity contribution in [1.82, 2.24) is 4.31 Å². The summed E-state index contributed by atoms with van der Waals surface area (Å²) in [5.74, 6) is 0.646. The van der Waals surface area contributed by atoms with Crippen molar-refractivity contribution >= 4 is 21.6 Å². The molecule has 0 bridgehead atoms. The third-order valence-electron chi connectivity index (χ3n) is 7.57. The molecule has 43 heavy (non-hydrogen) atoms. The van der Waals surface area contributed by atoms with Gasteiger partial charge in [-0.1, -0.05) is 107 Å². The third kappa shape index (κ3) is 13.1. The van der Waals surface area contributed by atoms with E-state index in [0.717, 1.165) is 42.5 Å². The highest BCUT2D eigenvalue weighted by Gasteiger charge is 2.25. The molecule has 3 aromatic rings. The predicted molar refractivity (Wildman–Crippen MR) is 173 cm³/mol. The first kappa shape index (κ1) is 37.5. The van der Waals surface area contributed by atoms with Gasteiger partial charge < -0.3 is 28.7 Å². The maximum absolute atomic E-state index is 13.8. The molecule has 0 saturated heterocycles. The molecule has 1 aromatic heterocycles. The third-order valence-corrected chi connectivity index (χ3v) is 9.67. The van der Waals surface area contributed by atoms with Crippen LogP contribution in [0.4, 0.5) is 0 Å². The molecule has 2 aromatic carbocycles. The number of hydrogen-bond acceptors (Lipinski definition) is 3. The van der Waals surface area contributed by atoms with Crippen molar-refractivity contribution in [2.24, 2.45) is 0 Å². The largest absolute Gasteiger partial charge is 1.00 e. The molecule has 238 valence electrons. The summed E-state index contributed by atoms with van der Waals surface area (Å²) < 4.78 is 37.1. The Hall–Kier alpha value is -1.68. The molecule has 0 saturated carbocycles. The van der Waals surface area contributed by atoms with E-state index in [1.807, 2.05) is 61.8 Å². The highest BCUT2D eigenvalue weighted by molar-refractivity contribution is 7.89. The van der Waals surface area contributed by atoms with E-state index < -0.39 is 10.0 Å². The second kappa shape index (κ2) is 20.4. The van der Waals surface area contributed by atoms with E-state index in [9.17, 15) is 8.42 Å². The minimum atomic E-state index is -3.74. The van der Waals surface area contributed by atoms with E-state index in [4.69, 9.17) is 16.3 Å². The van der Waals surface area contributed by atoms with Crippen molar-refractivity contribution < 1.29 is 41.7 Å². The van der Waals surface area contributed by atoms with Gasteiger partial charge in [0.05, 0.1) is 16.5 Å². The Morgan fingerprint density at radius 3 is 1.91 bits per heavy atom. The van der Waals surface area contributed by atoms with Crippen LogP contribution in [-0.4, -0.2) is 19.3 Å². The Morgan fingerprint density at radius 1 is 0.744 bits per heavy atom. The quantitative estimate of drug-likeness (QED) is 0.0807. The zero-order valence-electron chi connectivity index (χ0n) is 26.2. The molecule has 0 amide bonds. The molecule has 1 heterocycles. The molecule has 0 unspecified atom stereocenters. The Bertz CT molecular complexity index is 1300. The van der Waals surface area contributed by atoms with Crippen LogP contribution >= 0.6 is 11.6 Å². The van der Waals surface area contributed by atoms with Gasteiger partial charge in [0.15, 0.2) is 12.4 Å². The zero-order valence-corrected chi connectivity index (χ0v) is 30.0. The van der Waals surface area contributed by atoms with Crippen LogP contribution in [0.1, 0.15) is 101 Å². The number of nitrogens with zero attached hydrogens (tertiary/aromatic N) is 2. The van der Waals surface area contributed by atoms with Crippen molar-refractivity contribution in [1.29, 1.82) is 0 Å². The second-order valence-electron chi connectivity index (χ2n) is 11.3. The maximum atomic E-state index is 13.8. The molecule has 0 aliphatic heterocycles. The summed E-state index contributed by atoms with van der Waals surface area (Å²) in [6.45, 7) is 8.37. The van der Waals surface area contributed by atoms with Gasteiger partial charge >= 0.3 is 0 Å². The fourth-order valence-corrected chi connectivity index (χ4v) is 6.70.